The van der Waals surface area contributed by atoms with Crippen LogP contribution in [0.5, 0.6) is 0 Å². The van der Waals surface area contributed by atoms with Gasteiger partial charge in [-0.1, -0.05) is 40.9 Å². The molecule has 0 aromatic heterocycles. The molecule has 0 saturated heterocycles. The molecule has 0 fully saturated rings. The maximum absolute atomic E-state index is 11.8. The number of carbonyl (C=O) groups is 1. The molecule has 1 unspecified atom stereocenters. The lowest BCUT2D eigenvalue weighted by Gasteiger charge is -2.10. The zero-order valence-electron chi connectivity index (χ0n) is 9.34. The summed E-state index contributed by atoms with van der Waals surface area (Å²) in [4.78, 5) is 11.8. The molecule has 0 spiro atoms. The lowest BCUT2D eigenvalue weighted by Crippen LogP contribution is -2.21. The van der Waals surface area contributed by atoms with Gasteiger partial charge in [0.05, 0.1) is 16.8 Å². The average molecular weight is 316 g/mol. The largest absolute Gasteiger partial charge is 0.324 e. The molecule has 0 heterocycles. The highest BCUT2D eigenvalue weighted by Gasteiger charge is 2.17. The van der Waals surface area contributed by atoms with E-state index in [1.54, 1.807) is 18.2 Å². The molecule has 0 saturated carbocycles. The molecule has 1 N–H and O–H groups in total. The van der Waals surface area contributed by atoms with E-state index < -0.39 is 5.92 Å². The maximum atomic E-state index is 11.8. The van der Waals surface area contributed by atoms with E-state index in [4.69, 9.17) is 16.9 Å². The van der Waals surface area contributed by atoms with Crippen molar-refractivity contribution < 1.29 is 4.79 Å². The van der Waals surface area contributed by atoms with Gasteiger partial charge in [-0.2, -0.15) is 5.26 Å². The van der Waals surface area contributed by atoms with Gasteiger partial charge in [0.2, 0.25) is 5.91 Å². The van der Waals surface area contributed by atoms with Crippen molar-refractivity contribution in [1.29, 1.82) is 5.26 Å². The minimum Gasteiger partial charge on any atom is -0.324 e. The van der Waals surface area contributed by atoms with Crippen LogP contribution in [0.4, 0.5) is 5.69 Å². The first kappa shape index (κ1) is 14.0. The molecular formula is C12H12BrClN2O. The molecule has 1 rings (SSSR count). The second-order valence-electron chi connectivity index (χ2n) is 3.58. The summed E-state index contributed by atoms with van der Waals surface area (Å²) < 4.78 is 0.839. The molecule has 90 valence electrons. The van der Waals surface area contributed by atoms with Crippen LogP contribution in [-0.4, -0.2) is 5.91 Å². The third-order valence-corrected chi connectivity index (χ3v) is 3.04. The second-order valence-corrected chi connectivity index (χ2v) is 4.91. The van der Waals surface area contributed by atoms with Crippen molar-refractivity contribution in [2.45, 2.75) is 19.8 Å². The van der Waals surface area contributed by atoms with Crippen LogP contribution in [0.2, 0.25) is 5.02 Å². The minimum atomic E-state index is -0.625. The van der Waals surface area contributed by atoms with Gasteiger partial charge >= 0.3 is 0 Å². The van der Waals surface area contributed by atoms with Crippen LogP contribution >= 0.6 is 27.5 Å². The Kier molecular flexibility index (Phi) is 5.46. The summed E-state index contributed by atoms with van der Waals surface area (Å²) in [5.41, 5.74) is 0.524. The van der Waals surface area contributed by atoms with E-state index in [0.717, 1.165) is 10.9 Å². The lowest BCUT2D eigenvalue weighted by molar-refractivity contribution is -0.118. The first-order valence-electron chi connectivity index (χ1n) is 5.24. The van der Waals surface area contributed by atoms with Crippen LogP contribution in [0.15, 0.2) is 22.7 Å². The van der Waals surface area contributed by atoms with Crippen LogP contribution in [0, 0.1) is 17.2 Å². The minimum absolute atomic E-state index is 0.307. The number of nitrogens with one attached hydrogen (secondary N) is 1. The van der Waals surface area contributed by atoms with E-state index >= 15 is 0 Å². The number of nitriles is 1. The van der Waals surface area contributed by atoms with Crippen molar-refractivity contribution in [3.05, 3.63) is 27.7 Å². The molecular weight excluding hydrogens is 304 g/mol. The smallest absolute Gasteiger partial charge is 0.241 e. The van der Waals surface area contributed by atoms with Crippen LogP contribution < -0.4 is 5.32 Å². The molecule has 1 aromatic carbocycles. The Labute approximate surface area is 114 Å². The fourth-order valence-electron chi connectivity index (χ4n) is 1.35. The van der Waals surface area contributed by atoms with Gasteiger partial charge in [-0.15, -0.1) is 0 Å². The summed E-state index contributed by atoms with van der Waals surface area (Å²) in [6.45, 7) is 1.93. The first-order chi connectivity index (χ1) is 8.08. The fraction of sp³-hybridized carbons (Fsp3) is 0.333. The van der Waals surface area contributed by atoms with Gasteiger partial charge < -0.3 is 5.32 Å². The van der Waals surface area contributed by atoms with Crippen LogP contribution in [0.1, 0.15) is 19.8 Å². The van der Waals surface area contributed by atoms with Gasteiger partial charge in [-0.25, -0.2) is 0 Å². The maximum Gasteiger partial charge on any atom is 0.241 e. The highest BCUT2D eigenvalue weighted by Crippen LogP contribution is 2.26. The number of rotatable bonds is 4. The number of amides is 1. The summed E-state index contributed by atoms with van der Waals surface area (Å²) in [6, 6.07) is 7.16. The van der Waals surface area contributed by atoms with E-state index in [1.165, 1.54) is 0 Å². The van der Waals surface area contributed by atoms with Crippen LogP contribution in [0.3, 0.4) is 0 Å². The summed E-state index contributed by atoms with van der Waals surface area (Å²) in [6.07, 6.45) is 1.34. The summed E-state index contributed by atoms with van der Waals surface area (Å²) in [7, 11) is 0. The zero-order chi connectivity index (χ0) is 12.8. The van der Waals surface area contributed by atoms with Gasteiger partial charge in [0, 0.05) is 4.47 Å². The van der Waals surface area contributed by atoms with Crippen molar-refractivity contribution in [2.75, 3.05) is 5.32 Å². The molecule has 0 aliphatic carbocycles. The number of anilines is 1. The Morgan fingerprint density at radius 3 is 2.88 bits per heavy atom. The number of carbonyl (C=O) groups excluding carboxylic acids is 1. The quantitative estimate of drug-likeness (QED) is 0.913. The monoisotopic (exact) mass is 314 g/mol. The molecule has 0 radical (unpaired) electrons. The van der Waals surface area contributed by atoms with Gasteiger partial charge in [0.1, 0.15) is 5.92 Å². The fourth-order valence-corrected chi connectivity index (χ4v) is 2.07. The van der Waals surface area contributed by atoms with Gasteiger partial charge in [-0.05, 0) is 24.6 Å². The predicted molar refractivity (Wildman–Crippen MR) is 71.8 cm³/mol. The molecule has 0 aliphatic heterocycles. The number of hydrogen-bond acceptors (Lipinski definition) is 2. The Hall–Kier alpha value is -1.05. The first-order valence-corrected chi connectivity index (χ1v) is 6.41. The molecule has 0 bridgehead atoms. The number of hydrogen-bond donors (Lipinski definition) is 1. The van der Waals surface area contributed by atoms with Gasteiger partial charge in [0.15, 0.2) is 0 Å². The summed E-state index contributed by atoms with van der Waals surface area (Å²) >= 11 is 9.25. The van der Waals surface area contributed by atoms with Crippen molar-refractivity contribution >= 4 is 39.1 Å². The lowest BCUT2D eigenvalue weighted by atomic mass is 10.0. The highest BCUT2D eigenvalue weighted by atomic mass is 79.9. The van der Waals surface area contributed by atoms with E-state index in [0.29, 0.717) is 17.1 Å². The normalized spacial score (nSPS) is 11.6. The molecule has 3 nitrogen and oxygen atoms in total. The summed E-state index contributed by atoms with van der Waals surface area (Å²) in [5.74, 6) is -0.932. The third kappa shape index (κ3) is 4.03. The SMILES string of the molecule is CCCC(C#N)C(=O)Nc1ccc(Br)cc1Cl. The van der Waals surface area contributed by atoms with E-state index in [-0.39, 0.29) is 5.91 Å². The summed E-state index contributed by atoms with van der Waals surface area (Å²) in [5, 5.41) is 12.0. The van der Waals surface area contributed by atoms with Gasteiger partial charge in [-0.3, -0.25) is 4.79 Å². The van der Waals surface area contributed by atoms with Crippen LogP contribution in [0.25, 0.3) is 0 Å². The van der Waals surface area contributed by atoms with E-state index in [9.17, 15) is 4.79 Å². The molecule has 1 atom stereocenters. The topological polar surface area (TPSA) is 52.9 Å². The van der Waals surface area contributed by atoms with E-state index in [2.05, 4.69) is 21.2 Å². The molecule has 5 heteroatoms. The molecule has 1 aromatic rings. The predicted octanol–water partition coefficient (Wildman–Crippen LogP) is 3.98. The molecule has 0 aliphatic rings. The molecule has 1 amide bonds. The number of nitrogens with zero attached hydrogens (tertiary/aromatic N) is 1. The standard InChI is InChI=1S/C12H12BrClN2O/c1-2-3-8(7-15)12(17)16-11-5-4-9(13)6-10(11)14/h4-6,8H,2-3H2,1H3,(H,16,17). The zero-order valence-corrected chi connectivity index (χ0v) is 11.7. The Morgan fingerprint density at radius 1 is 1.65 bits per heavy atom. The second kappa shape index (κ2) is 6.63. The average Bonchev–Trinajstić information content (AvgIpc) is 2.29. The Balaban J connectivity index is 2.77. The Bertz CT molecular complexity index is 456. The highest BCUT2D eigenvalue weighted by molar-refractivity contribution is 9.10. The van der Waals surface area contributed by atoms with Crippen LogP contribution in [-0.2, 0) is 4.79 Å². The van der Waals surface area contributed by atoms with Crippen molar-refractivity contribution in [1.82, 2.24) is 0 Å². The third-order valence-electron chi connectivity index (χ3n) is 2.24. The van der Waals surface area contributed by atoms with Crippen molar-refractivity contribution in [3.63, 3.8) is 0 Å². The van der Waals surface area contributed by atoms with Crippen molar-refractivity contribution in [3.8, 4) is 6.07 Å². The Morgan fingerprint density at radius 2 is 2.35 bits per heavy atom. The van der Waals surface area contributed by atoms with Crippen molar-refractivity contribution in [2.24, 2.45) is 5.92 Å². The number of halogens is 2. The molecule has 17 heavy (non-hydrogen) atoms. The van der Waals surface area contributed by atoms with Gasteiger partial charge in [0.25, 0.3) is 0 Å². The van der Waals surface area contributed by atoms with E-state index in [1.807, 2.05) is 13.0 Å². The number of benzene rings is 1.